The zero-order chi connectivity index (χ0) is 13.7. The summed E-state index contributed by atoms with van der Waals surface area (Å²) < 4.78 is 5.38. The largest absolute Gasteiger partial charge is 0.496 e. The lowest BCUT2D eigenvalue weighted by Crippen LogP contribution is -2.43. The van der Waals surface area contributed by atoms with Crippen molar-refractivity contribution in [3.05, 3.63) is 28.8 Å². The number of nitrogens with zero attached hydrogens (tertiary/aromatic N) is 2. The summed E-state index contributed by atoms with van der Waals surface area (Å²) >= 11 is 0. The van der Waals surface area contributed by atoms with Crippen LogP contribution in [0, 0.1) is 6.92 Å². The number of hydrogen-bond donors (Lipinski definition) is 2. The zero-order valence-corrected chi connectivity index (χ0v) is 11.5. The van der Waals surface area contributed by atoms with Gasteiger partial charge in [-0.1, -0.05) is 11.2 Å². The molecule has 104 valence electrons. The summed E-state index contributed by atoms with van der Waals surface area (Å²) in [5.41, 5.74) is 3.14. The molecule has 5 heteroatoms. The number of aryl methyl sites for hydroxylation is 1. The van der Waals surface area contributed by atoms with E-state index in [2.05, 4.69) is 21.4 Å². The molecular formula is C14H21N3O2. The van der Waals surface area contributed by atoms with Crippen molar-refractivity contribution in [3.8, 4) is 5.75 Å². The van der Waals surface area contributed by atoms with Crippen LogP contribution in [-0.4, -0.2) is 49.6 Å². The molecule has 2 rings (SSSR count). The molecule has 0 unspecified atom stereocenters. The lowest BCUT2D eigenvalue weighted by Gasteiger charge is -2.28. The van der Waals surface area contributed by atoms with Crippen LogP contribution in [0.3, 0.4) is 0 Å². The first kappa shape index (κ1) is 13.8. The van der Waals surface area contributed by atoms with Crippen LogP contribution in [0.1, 0.15) is 16.7 Å². The predicted molar refractivity (Wildman–Crippen MR) is 75.3 cm³/mol. The highest BCUT2D eigenvalue weighted by Crippen LogP contribution is 2.24. The molecule has 0 aliphatic carbocycles. The van der Waals surface area contributed by atoms with Gasteiger partial charge in [0, 0.05) is 38.3 Å². The standard InChI is InChI=1S/C14H21N3O2/c1-11-7-12(10-17-5-3-15-4-6-17)13(9-16-18)14(8-11)19-2/h7-9,15,18H,3-6,10H2,1-2H3/b16-9-. The number of ether oxygens (including phenoxy) is 1. The van der Waals surface area contributed by atoms with Crippen molar-refractivity contribution in [2.75, 3.05) is 33.3 Å². The quantitative estimate of drug-likeness (QED) is 0.487. The average molecular weight is 263 g/mol. The first-order valence-electron chi connectivity index (χ1n) is 6.52. The minimum absolute atomic E-state index is 0.753. The molecule has 0 aromatic heterocycles. The van der Waals surface area contributed by atoms with Gasteiger partial charge in [-0.3, -0.25) is 4.90 Å². The molecule has 0 amide bonds. The highest BCUT2D eigenvalue weighted by Gasteiger charge is 2.14. The third-order valence-corrected chi connectivity index (χ3v) is 3.38. The topological polar surface area (TPSA) is 57.1 Å². The lowest BCUT2D eigenvalue weighted by molar-refractivity contribution is 0.233. The van der Waals surface area contributed by atoms with Gasteiger partial charge in [0.2, 0.25) is 0 Å². The van der Waals surface area contributed by atoms with E-state index in [1.165, 1.54) is 6.21 Å². The number of hydrogen-bond acceptors (Lipinski definition) is 5. The van der Waals surface area contributed by atoms with Gasteiger partial charge in [0.25, 0.3) is 0 Å². The van der Waals surface area contributed by atoms with Crippen molar-refractivity contribution in [1.29, 1.82) is 0 Å². The van der Waals surface area contributed by atoms with Crippen LogP contribution in [-0.2, 0) is 6.54 Å². The van der Waals surface area contributed by atoms with Gasteiger partial charge in [0.15, 0.2) is 0 Å². The Morgan fingerprint density at radius 3 is 2.79 bits per heavy atom. The minimum atomic E-state index is 0.753. The van der Waals surface area contributed by atoms with Crippen LogP contribution in [0.15, 0.2) is 17.3 Å². The second-order valence-corrected chi connectivity index (χ2v) is 4.81. The number of rotatable bonds is 4. The molecule has 1 aromatic carbocycles. The maximum atomic E-state index is 8.83. The summed E-state index contributed by atoms with van der Waals surface area (Å²) in [4.78, 5) is 2.39. The minimum Gasteiger partial charge on any atom is -0.496 e. The summed E-state index contributed by atoms with van der Waals surface area (Å²) in [6.07, 6.45) is 1.45. The lowest BCUT2D eigenvalue weighted by atomic mass is 10.0. The Hall–Kier alpha value is -1.59. The molecule has 0 atom stereocenters. The average Bonchev–Trinajstić information content (AvgIpc) is 2.42. The van der Waals surface area contributed by atoms with Gasteiger partial charge in [-0.25, -0.2) is 0 Å². The van der Waals surface area contributed by atoms with Crippen LogP contribution in [0.5, 0.6) is 5.75 Å². The van der Waals surface area contributed by atoms with Crippen molar-refractivity contribution in [2.24, 2.45) is 5.16 Å². The fraction of sp³-hybridized carbons (Fsp3) is 0.500. The van der Waals surface area contributed by atoms with E-state index >= 15 is 0 Å². The Morgan fingerprint density at radius 1 is 1.42 bits per heavy atom. The van der Waals surface area contributed by atoms with E-state index in [0.717, 1.165) is 55.2 Å². The third-order valence-electron chi connectivity index (χ3n) is 3.38. The number of methoxy groups -OCH3 is 1. The first-order valence-corrected chi connectivity index (χ1v) is 6.52. The predicted octanol–water partition coefficient (Wildman–Crippen LogP) is 1.22. The summed E-state index contributed by atoms with van der Waals surface area (Å²) in [7, 11) is 1.64. The third kappa shape index (κ3) is 3.45. The second-order valence-electron chi connectivity index (χ2n) is 4.81. The molecule has 1 heterocycles. The molecule has 1 aliphatic heterocycles. The van der Waals surface area contributed by atoms with Crippen molar-refractivity contribution in [2.45, 2.75) is 13.5 Å². The molecule has 1 aliphatic rings. The van der Waals surface area contributed by atoms with E-state index in [1.807, 2.05) is 13.0 Å². The maximum absolute atomic E-state index is 8.83. The fourth-order valence-electron chi connectivity index (χ4n) is 2.45. The summed E-state index contributed by atoms with van der Waals surface area (Å²) in [6, 6.07) is 4.08. The SMILES string of the molecule is COc1cc(C)cc(CN2CCNCC2)c1/C=N\O. The van der Waals surface area contributed by atoms with Crippen LogP contribution < -0.4 is 10.1 Å². The van der Waals surface area contributed by atoms with Gasteiger partial charge >= 0.3 is 0 Å². The highest BCUT2D eigenvalue weighted by molar-refractivity contribution is 5.85. The number of oxime groups is 1. The normalized spacial score (nSPS) is 16.9. The Labute approximate surface area is 113 Å². The van der Waals surface area contributed by atoms with Gasteiger partial charge in [0.05, 0.1) is 13.3 Å². The molecule has 1 fully saturated rings. The summed E-state index contributed by atoms with van der Waals surface area (Å²) in [5, 5.41) is 15.3. The van der Waals surface area contributed by atoms with E-state index in [4.69, 9.17) is 9.94 Å². The Balaban J connectivity index is 2.28. The Morgan fingerprint density at radius 2 is 2.16 bits per heavy atom. The number of piperazine rings is 1. The zero-order valence-electron chi connectivity index (χ0n) is 11.5. The van der Waals surface area contributed by atoms with Gasteiger partial charge in [-0.05, 0) is 24.1 Å². The Kier molecular flexibility index (Phi) is 4.76. The maximum Gasteiger partial charge on any atom is 0.128 e. The molecule has 0 spiro atoms. The first-order chi connectivity index (χ1) is 9.24. The van der Waals surface area contributed by atoms with E-state index in [0.29, 0.717) is 0 Å². The van der Waals surface area contributed by atoms with Gasteiger partial charge < -0.3 is 15.3 Å². The molecule has 5 nitrogen and oxygen atoms in total. The molecule has 2 N–H and O–H groups in total. The fourth-order valence-corrected chi connectivity index (χ4v) is 2.45. The molecule has 0 saturated carbocycles. The monoisotopic (exact) mass is 263 g/mol. The molecule has 1 saturated heterocycles. The van der Waals surface area contributed by atoms with E-state index in [9.17, 15) is 0 Å². The van der Waals surface area contributed by atoms with E-state index in [-0.39, 0.29) is 0 Å². The second kappa shape index (κ2) is 6.54. The van der Waals surface area contributed by atoms with Crippen molar-refractivity contribution < 1.29 is 9.94 Å². The molecule has 19 heavy (non-hydrogen) atoms. The molecule has 0 bridgehead atoms. The molecular weight excluding hydrogens is 242 g/mol. The van der Waals surface area contributed by atoms with Crippen LogP contribution in [0.2, 0.25) is 0 Å². The van der Waals surface area contributed by atoms with Crippen molar-refractivity contribution in [1.82, 2.24) is 10.2 Å². The Bertz CT molecular complexity index is 454. The van der Waals surface area contributed by atoms with Gasteiger partial charge in [-0.2, -0.15) is 0 Å². The van der Waals surface area contributed by atoms with Crippen LogP contribution in [0.4, 0.5) is 0 Å². The molecule has 1 aromatic rings. The van der Waals surface area contributed by atoms with Gasteiger partial charge in [-0.15, -0.1) is 0 Å². The number of nitrogens with one attached hydrogen (secondary N) is 1. The summed E-state index contributed by atoms with van der Waals surface area (Å²) in [5.74, 6) is 0.753. The highest BCUT2D eigenvalue weighted by atomic mass is 16.5. The van der Waals surface area contributed by atoms with Crippen LogP contribution in [0.25, 0.3) is 0 Å². The molecule has 0 radical (unpaired) electrons. The van der Waals surface area contributed by atoms with E-state index in [1.54, 1.807) is 7.11 Å². The summed E-state index contributed by atoms with van der Waals surface area (Å²) in [6.45, 7) is 7.00. The van der Waals surface area contributed by atoms with E-state index < -0.39 is 0 Å². The van der Waals surface area contributed by atoms with Crippen molar-refractivity contribution in [3.63, 3.8) is 0 Å². The van der Waals surface area contributed by atoms with Gasteiger partial charge in [0.1, 0.15) is 5.75 Å². The van der Waals surface area contributed by atoms with Crippen LogP contribution >= 0.6 is 0 Å². The van der Waals surface area contributed by atoms with Crippen molar-refractivity contribution >= 4 is 6.21 Å². The smallest absolute Gasteiger partial charge is 0.128 e. The number of benzene rings is 1.